The van der Waals surface area contributed by atoms with E-state index in [9.17, 15) is 0 Å². The molecule has 0 aliphatic carbocycles. The van der Waals surface area contributed by atoms with Gasteiger partial charge in [0.15, 0.2) is 0 Å². The lowest BCUT2D eigenvalue weighted by molar-refractivity contribution is 0.590. The molecule has 10 aromatic rings. The van der Waals surface area contributed by atoms with E-state index in [0.717, 1.165) is 22.7 Å². The van der Waals surface area contributed by atoms with Gasteiger partial charge in [-0.05, 0) is 127 Å². The lowest BCUT2D eigenvalue weighted by Crippen LogP contribution is -2.60. The van der Waals surface area contributed by atoms with Gasteiger partial charge in [0.25, 0.3) is 6.71 Å². The Morgan fingerprint density at radius 2 is 0.971 bits per heavy atom. The van der Waals surface area contributed by atoms with E-state index < -0.39 is 0 Å². The van der Waals surface area contributed by atoms with E-state index >= 15 is 0 Å². The lowest BCUT2D eigenvalue weighted by atomic mass is 9.33. The van der Waals surface area contributed by atoms with Crippen molar-refractivity contribution in [2.24, 2.45) is 0 Å². The van der Waals surface area contributed by atoms with Crippen molar-refractivity contribution >= 4 is 111 Å². The molecule has 0 atom stereocenters. The molecule has 3 nitrogen and oxygen atoms in total. The highest BCUT2D eigenvalue weighted by Crippen LogP contribution is 2.51. The molecule has 0 radical (unpaired) electrons. The summed E-state index contributed by atoms with van der Waals surface area (Å²) in [5.74, 6) is 0. The fraction of sp³-hybridized carbons (Fsp3) is 0.250. The van der Waals surface area contributed by atoms with Crippen LogP contribution in [0.2, 0.25) is 0 Å². The van der Waals surface area contributed by atoms with Crippen LogP contribution in [0.3, 0.4) is 0 Å². The van der Waals surface area contributed by atoms with Crippen LogP contribution in [0.4, 0.5) is 34.1 Å². The van der Waals surface area contributed by atoms with Crippen molar-refractivity contribution in [1.82, 2.24) is 4.57 Å². The second-order valence-corrected chi connectivity index (χ2v) is 25.0. The van der Waals surface area contributed by atoms with Crippen molar-refractivity contribution in [3.63, 3.8) is 0 Å². The number of hydrogen-bond donors (Lipinski definition) is 0. The number of benzene rings is 8. The molecule has 0 fully saturated rings. The third-order valence-electron chi connectivity index (χ3n) is 15.2. The average molecular weight is 916 g/mol. The Kier molecular flexibility index (Phi) is 9.48. The Morgan fingerprint density at radius 3 is 1.58 bits per heavy atom. The molecule has 0 amide bonds. The van der Waals surface area contributed by atoms with Crippen LogP contribution in [0.25, 0.3) is 47.7 Å². The van der Waals surface area contributed by atoms with Gasteiger partial charge >= 0.3 is 0 Å². The minimum absolute atomic E-state index is 0.0130. The van der Waals surface area contributed by atoms with Gasteiger partial charge in [0, 0.05) is 64.9 Å². The Labute approximate surface area is 413 Å². The monoisotopic (exact) mass is 915 g/mol. The number of thiophene rings is 1. The zero-order valence-corrected chi connectivity index (χ0v) is 43.2. The number of rotatable bonds is 4. The van der Waals surface area contributed by atoms with Crippen LogP contribution >= 0.6 is 11.3 Å². The van der Waals surface area contributed by atoms with Gasteiger partial charge in [-0.3, -0.25) is 0 Å². The predicted molar refractivity (Wildman–Crippen MR) is 302 cm³/mol. The second kappa shape index (κ2) is 15.0. The van der Waals surface area contributed by atoms with Crippen LogP contribution in [-0.2, 0) is 21.7 Å². The topological polar surface area (TPSA) is 11.4 Å². The molecule has 5 heteroatoms. The summed E-state index contributed by atoms with van der Waals surface area (Å²) in [4.78, 5) is 5.15. The van der Waals surface area contributed by atoms with E-state index in [1.807, 2.05) is 11.3 Å². The van der Waals surface area contributed by atoms with Crippen LogP contribution < -0.4 is 26.2 Å². The number of aromatic nitrogens is 1. The molecule has 0 saturated carbocycles. The minimum atomic E-state index is -0.0460. The Bertz CT molecular complexity index is 3640. The summed E-state index contributed by atoms with van der Waals surface area (Å²) < 4.78 is 5.31. The largest absolute Gasteiger partial charge is 0.310 e. The van der Waals surface area contributed by atoms with Crippen molar-refractivity contribution in [1.29, 1.82) is 0 Å². The fourth-order valence-electron chi connectivity index (χ4n) is 11.4. The molecule has 0 N–H and O–H groups in total. The molecular weight excluding hydrogens is 854 g/mol. The fourth-order valence-corrected chi connectivity index (χ4v) is 12.5. The molecule has 0 bridgehead atoms. The molecule has 2 aliphatic rings. The molecule has 4 heterocycles. The molecule has 0 saturated heterocycles. The Balaban J connectivity index is 1.25. The molecule has 2 aliphatic heterocycles. The third-order valence-corrected chi connectivity index (χ3v) is 16.4. The highest BCUT2D eigenvalue weighted by molar-refractivity contribution is 7.26. The molecule has 0 unspecified atom stereocenters. The number of para-hydroxylation sites is 1. The highest BCUT2D eigenvalue weighted by Gasteiger charge is 2.45. The van der Waals surface area contributed by atoms with Gasteiger partial charge in [0.05, 0.1) is 16.9 Å². The summed E-state index contributed by atoms with van der Waals surface area (Å²) in [7, 11) is 0. The van der Waals surface area contributed by atoms with Gasteiger partial charge in [0.2, 0.25) is 0 Å². The van der Waals surface area contributed by atoms with Crippen molar-refractivity contribution in [3.05, 3.63) is 180 Å². The van der Waals surface area contributed by atoms with Crippen molar-refractivity contribution in [2.75, 3.05) is 9.80 Å². The van der Waals surface area contributed by atoms with E-state index in [-0.39, 0.29) is 28.4 Å². The Hall–Kier alpha value is -6.56. The number of fused-ring (bicyclic) bond motifs is 11. The van der Waals surface area contributed by atoms with Crippen molar-refractivity contribution in [3.8, 4) is 5.69 Å². The molecule has 2 aromatic heterocycles. The van der Waals surface area contributed by atoms with Gasteiger partial charge in [-0.1, -0.05) is 174 Å². The van der Waals surface area contributed by atoms with Gasteiger partial charge < -0.3 is 14.4 Å². The van der Waals surface area contributed by atoms with Crippen LogP contribution in [0.5, 0.6) is 0 Å². The third kappa shape index (κ3) is 6.74. The predicted octanol–water partition coefficient (Wildman–Crippen LogP) is 16.4. The first kappa shape index (κ1) is 43.7. The van der Waals surface area contributed by atoms with Crippen LogP contribution in [0, 0.1) is 0 Å². The van der Waals surface area contributed by atoms with Gasteiger partial charge in [0.1, 0.15) is 0 Å². The summed E-state index contributed by atoms with van der Waals surface area (Å²) in [5, 5.41) is 5.27. The first-order chi connectivity index (χ1) is 32.8. The first-order valence-corrected chi connectivity index (χ1v) is 25.7. The lowest BCUT2D eigenvalue weighted by Gasteiger charge is -2.43. The molecule has 69 heavy (non-hydrogen) atoms. The maximum Gasteiger partial charge on any atom is 0.252 e. The zero-order valence-electron chi connectivity index (χ0n) is 42.3. The van der Waals surface area contributed by atoms with E-state index in [1.54, 1.807) is 0 Å². The summed E-state index contributed by atoms with van der Waals surface area (Å²) in [6, 6.07) is 61.2. The summed E-state index contributed by atoms with van der Waals surface area (Å²) >= 11 is 1.90. The van der Waals surface area contributed by atoms with Crippen LogP contribution in [-0.4, -0.2) is 11.3 Å². The standard InChI is InChI=1S/C64H62BN3S/c1-61(2,3)39-20-27-43(28-21-39)66(44-29-22-40(23-30-44)62(4,5)6)53-36-35-52-57-60(53)67(45-31-24-41(25-32-45)63(7,8)9)51-34-26-42(64(10,11)12)38-50(51)65(57)49-18-15-17-46-47-33-37-55-56(59(47)68(52)58(46)49)48-16-13-14-19-54(48)69-55/h13-38H,1-12H3. The molecule has 342 valence electrons. The molecule has 12 rings (SSSR count). The number of hydrogen-bond acceptors (Lipinski definition) is 3. The summed E-state index contributed by atoms with van der Waals surface area (Å²) in [6.45, 7) is 27.8. The second-order valence-electron chi connectivity index (χ2n) is 23.9. The SMILES string of the molecule is CC(C)(C)c1ccc(N(c2ccc(C(C)(C)C)cc2)c2ccc3c4c2N(c2ccc(C(C)(C)C)cc2)c2ccc(C(C)(C)C)cc2B4c2cccc4c5ccc6sc7ccccc7c6c5n-3c24)cc1. The van der Waals surface area contributed by atoms with Gasteiger partial charge in [-0.15, -0.1) is 11.3 Å². The van der Waals surface area contributed by atoms with E-state index in [1.165, 1.54) is 97.7 Å². The van der Waals surface area contributed by atoms with Crippen molar-refractivity contribution in [2.45, 2.75) is 105 Å². The van der Waals surface area contributed by atoms with Gasteiger partial charge in [-0.2, -0.15) is 0 Å². The molecule has 8 aromatic carbocycles. The molecule has 0 spiro atoms. The number of anilines is 6. The zero-order chi connectivity index (χ0) is 48.1. The van der Waals surface area contributed by atoms with Crippen LogP contribution in [0.1, 0.15) is 105 Å². The highest BCUT2D eigenvalue weighted by atomic mass is 32.1. The first-order valence-electron chi connectivity index (χ1n) is 24.9. The maximum atomic E-state index is 2.67. The molecular formula is C64H62BN3S. The normalized spacial score (nSPS) is 13.7. The minimum Gasteiger partial charge on any atom is -0.310 e. The Morgan fingerprint density at radius 1 is 0.435 bits per heavy atom. The number of nitrogens with zero attached hydrogens (tertiary/aromatic N) is 3. The van der Waals surface area contributed by atoms with E-state index in [2.05, 4.69) is 255 Å². The summed E-state index contributed by atoms with van der Waals surface area (Å²) in [6.07, 6.45) is 0. The quantitative estimate of drug-likeness (QED) is 0.163. The summed E-state index contributed by atoms with van der Waals surface area (Å²) in [5.41, 5.74) is 20.2. The van der Waals surface area contributed by atoms with Gasteiger partial charge in [-0.25, -0.2) is 0 Å². The van der Waals surface area contributed by atoms with E-state index in [0.29, 0.717) is 0 Å². The maximum absolute atomic E-state index is 2.67. The van der Waals surface area contributed by atoms with Crippen LogP contribution in [0.15, 0.2) is 158 Å². The van der Waals surface area contributed by atoms with E-state index in [4.69, 9.17) is 0 Å². The average Bonchev–Trinajstić information content (AvgIpc) is 3.86. The smallest absolute Gasteiger partial charge is 0.252 e. The van der Waals surface area contributed by atoms with Crippen molar-refractivity contribution < 1.29 is 0 Å².